The molecular formula is C15H22N2O4. The molecule has 0 radical (unpaired) electrons. The number of nitrogens with zero attached hydrogens (tertiary/aromatic N) is 2. The molecule has 2 N–H and O–H groups in total. The van der Waals surface area contributed by atoms with Crippen LogP contribution >= 0.6 is 0 Å². The molecule has 0 heterocycles. The number of nitro groups is 1. The molecule has 21 heavy (non-hydrogen) atoms. The van der Waals surface area contributed by atoms with Gasteiger partial charge in [0.05, 0.1) is 18.1 Å². The Hall–Kier alpha value is -1.66. The van der Waals surface area contributed by atoms with Gasteiger partial charge in [-0.05, 0) is 24.5 Å². The van der Waals surface area contributed by atoms with Crippen molar-refractivity contribution < 1.29 is 15.1 Å². The lowest BCUT2D eigenvalue weighted by Crippen LogP contribution is -2.39. The van der Waals surface area contributed by atoms with E-state index in [2.05, 4.69) is 0 Å². The Kier molecular flexibility index (Phi) is 5.52. The molecule has 0 spiro atoms. The van der Waals surface area contributed by atoms with Crippen molar-refractivity contribution in [2.75, 3.05) is 18.1 Å². The molecule has 1 aromatic carbocycles. The Balaban J connectivity index is 2.36. The zero-order chi connectivity index (χ0) is 15.2. The van der Waals surface area contributed by atoms with E-state index in [-0.39, 0.29) is 24.9 Å². The number of benzene rings is 1. The topological polar surface area (TPSA) is 86.8 Å². The largest absolute Gasteiger partial charge is 0.395 e. The Bertz CT molecular complexity index is 487. The minimum absolute atomic E-state index is 0.000531. The highest BCUT2D eigenvalue weighted by molar-refractivity contribution is 5.65. The highest BCUT2D eigenvalue weighted by Gasteiger charge is 2.26. The molecule has 0 atom stereocenters. The van der Waals surface area contributed by atoms with Gasteiger partial charge in [0.25, 0.3) is 5.69 Å². The van der Waals surface area contributed by atoms with Crippen molar-refractivity contribution in [3.63, 3.8) is 0 Å². The van der Waals surface area contributed by atoms with Crippen LogP contribution in [-0.4, -0.2) is 34.3 Å². The Labute approximate surface area is 124 Å². The van der Waals surface area contributed by atoms with Crippen molar-refractivity contribution in [1.29, 1.82) is 0 Å². The minimum Gasteiger partial charge on any atom is -0.395 e. The molecule has 1 fully saturated rings. The van der Waals surface area contributed by atoms with Crippen LogP contribution in [0, 0.1) is 10.1 Å². The SMILES string of the molecule is O=[N+]([O-])c1cc(CO)ccc1N(CCO)C1CCCCC1. The monoisotopic (exact) mass is 294 g/mol. The second-order valence-electron chi connectivity index (χ2n) is 5.45. The molecule has 1 aliphatic carbocycles. The molecule has 1 aromatic rings. The number of nitro benzene ring substituents is 1. The highest BCUT2D eigenvalue weighted by atomic mass is 16.6. The van der Waals surface area contributed by atoms with Crippen molar-refractivity contribution in [3.8, 4) is 0 Å². The lowest BCUT2D eigenvalue weighted by atomic mass is 9.93. The number of rotatable bonds is 6. The lowest BCUT2D eigenvalue weighted by molar-refractivity contribution is -0.384. The van der Waals surface area contributed by atoms with E-state index in [1.54, 1.807) is 12.1 Å². The van der Waals surface area contributed by atoms with Gasteiger partial charge in [0, 0.05) is 18.7 Å². The van der Waals surface area contributed by atoms with Gasteiger partial charge in [-0.25, -0.2) is 0 Å². The second-order valence-corrected chi connectivity index (χ2v) is 5.45. The third-order valence-corrected chi connectivity index (χ3v) is 4.08. The summed E-state index contributed by atoms with van der Waals surface area (Å²) < 4.78 is 0. The number of aliphatic hydroxyl groups is 2. The summed E-state index contributed by atoms with van der Waals surface area (Å²) in [5.41, 5.74) is 1.07. The van der Waals surface area contributed by atoms with Crippen LogP contribution in [0.1, 0.15) is 37.7 Å². The van der Waals surface area contributed by atoms with E-state index in [9.17, 15) is 15.2 Å². The Morgan fingerprint density at radius 1 is 1.24 bits per heavy atom. The fourth-order valence-corrected chi connectivity index (χ4v) is 3.06. The summed E-state index contributed by atoms with van der Waals surface area (Å²) in [5.74, 6) is 0. The average Bonchev–Trinajstić information content (AvgIpc) is 2.53. The van der Waals surface area contributed by atoms with E-state index >= 15 is 0 Å². The number of aliphatic hydroxyl groups excluding tert-OH is 2. The predicted molar refractivity (Wildman–Crippen MR) is 80.3 cm³/mol. The normalized spacial score (nSPS) is 15.9. The summed E-state index contributed by atoms with van der Waals surface area (Å²) in [5, 5.41) is 29.8. The fourth-order valence-electron chi connectivity index (χ4n) is 3.06. The molecule has 0 aromatic heterocycles. The van der Waals surface area contributed by atoms with Crippen LogP contribution in [0.3, 0.4) is 0 Å². The Morgan fingerprint density at radius 3 is 2.52 bits per heavy atom. The van der Waals surface area contributed by atoms with E-state index in [1.807, 2.05) is 4.90 Å². The van der Waals surface area contributed by atoms with Crippen LogP contribution in [-0.2, 0) is 6.61 Å². The lowest BCUT2D eigenvalue weighted by Gasteiger charge is -2.35. The molecule has 1 aliphatic rings. The predicted octanol–water partition coefficient (Wildman–Crippen LogP) is 2.22. The first kappa shape index (κ1) is 15.7. The molecule has 0 unspecified atom stereocenters. The molecular weight excluding hydrogens is 272 g/mol. The van der Waals surface area contributed by atoms with E-state index in [1.165, 1.54) is 12.5 Å². The summed E-state index contributed by atoms with van der Waals surface area (Å²) in [6, 6.07) is 5.05. The van der Waals surface area contributed by atoms with Gasteiger partial charge >= 0.3 is 0 Å². The van der Waals surface area contributed by atoms with Crippen LogP contribution in [0.25, 0.3) is 0 Å². The third-order valence-electron chi connectivity index (χ3n) is 4.08. The maximum atomic E-state index is 11.3. The quantitative estimate of drug-likeness (QED) is 0.620. The van der Waals surface area contributed by atoms with Gasteiger partial charge in [-0.2, -0.15) is 0 Å². The van der Waals surface area contributed by atoms with Gasteiger partial charge in [0.15, 0.2) is 0 Å². The van der Waals surface area contributed by atoms with Gasteiger partial charge < -0.3 is 15.1 Å². The van der Waals surface area contributed by atoms with Gasteiger partial charge in [0.2, 0.25) is 0 Å². The van der Waals surface area contributed by atoms with Crippen LogP contribution in [0.5, 0.6) is 0 Å². The summed E-state index contributed by atoms with van der Waals surface area (Å²) >= 11 is 0. The molecule has 1 saturated carbocycles. The third kappa shape index (κ3) is 3.71. The molecule has 0 saturated heterocycles. The maximum Gasteiger partial charge on any atom is 0.292 e. The van der Waals surface area contributed by atoms with E-state index < -0.39 is 4.92 Å². The standard InChI is InChI=1S/C15H22N2O4/c18-9-8-16(13-4-2-1-3-5-13)14-7-6-12(11-19)10-15(14)17(20)21/h6-7,10,13,18-19H,1-5,8-9,11H2. The minimum atomic E-state index is -0.415. The molecule has 0 aliphatic heterocycles. The van der Waals surface area contributed by atoms with E-state index in [4.69, 9.17) is 5.11 Å². The Morgan fingerprint density at radius 2 is 1.95 bits per heavy atom. The first-order valence-corrected chi connectivity index (χ1v) is 7.43. The van der Waals surface area contributed by atoms with Crippen molar-refractivity contribution in [2.45, 2.75) is 44.8 Å². The van der Waals surface area contributed by atoms with Gasteiger partial charge in [0.1, 0.15) is 5.69 Å². The van der Waals surface area contributed by atoms with Crippen molar-refractivity contribution in [1.82, 2.24) is 0 Å². The van der Waals surface area contributed by atoms with Gasteiger partial charge in [-0.15, -0.1) is 0 Å². The molecule has 0 bridgehead atoms. The zero-order valence-electron chi connectivity index (χ0n) is 12.1. The molecule has 0 amide bonds. The average molecular weight is 294 g/mol. The highest BCUT2D eigenvalue weighted by Crippen LogP contribution is 2.34. The van der Waals surface area contributed by atoms with Crippen LogP contribution in [0.4, 0.5) is 11.4 Å². The van der Waals surface area contributed by atoms with Crippen LogP contribution < -0.4 is 4.90 Å². The smallest absolute Gasteiger partial charge is 0.292 e. The number of hydrogen-bond acceptors (Lipinski definition) is 5. The number of anilines is 1. The summed E-state index contributed by atoms with van der Waals surface area (Å²) in [6.45, 7) is 0.143. The van der Waals surface area contributed by atoms with Crippen LogP contribution in [0.2, 0.25) is 0 Å². The van der Waals surface area contributed by atoms with Crippen molar-refractivity contribution in [2.24, 2.45) is 0 Å². The summed E-state index contributed by atoms with van der Waals surface area (Å²) in [4.78, 5) is 12.9. The first-order chi connectivity index (χ1) is 10.2. The maximum absolute atomic E-state index is 11.3. The van der Waals surface area contributed by atoms with Crippen LogP contribution in [0.15, 0.2) is 18.2 Å². The van der Waals surface area contributed by atoms with Gasteiger partial charge in [-0.1, -0.05) is 25.3 Å². The van der Waals surface area contributed by atoms with Gasteiger partial charge in [-0.3, -0.25) is 10.1 Å². The second kappa shape index (κ2) is 7.38. The first-order valence-electron chi connectivity index (χ1n) is 7.43. The summed E-state index contributed by atoms with van der Waals surface area (Å²) in [6.07, 6.45) is 5.44. The van der Waals surface area contributed by atoms with Crippen molar-refractivity contribution in [3.05, 3.63) is 33.9 Å². The molecule has 116 valence electrons. The zero-order valence-corrected chi connectivity index (χ0v) is 12.1. The number of hydrogen-bond donors (Lipinski definition) is 2. The molecule has 6 nitrogen and oxygen atoms in total. The fraction of sp³-hybridized carbons (Fsp3) is 0.600. The molecule has 6 heteroatoms. The van der Waals surface area contributed by atoms with E-state index in [0.29, 0.717) is 17.8 Å². The van der Waals surface area contributed by atoms with Crippen molar-refractivity contribution >= 4 is 11.4 Å². The summed E-state index contributed by atoms with van der Waals surface area (Å²) in [7, 11) is 0. The van der Waals surface area contributed by atoms with E-state index in [0.717, 1.165) is 25.7 Å². The molecule has 2 rings (SSSR count).